The molecule has 0 radical (unpaired) electrons. The van der Waals surface area contributed by atoms with Gasteiger partial charge in [-0.05, 0) is 33.1 Å². The molecule has 0 spiro atoms. The molecule has 5 nitrogen and oxygen atoms in total. The second kappa shape index (κ2) is 11.2. The van der Waals surface area contributed by atoms with Crippen molar-refractivity contribution >= 4 is 35.9 Å². The van der Waals surface area contributed by atoms with Gasteiger partial charge in [0.1, 0.15) is 0 Å². The van der Waals surface area contributed by atoms with Crippen LogP contribution in [0.4, 0.5) is 0 Å². The van der Waals surface area contributed by atoms with Crippen LogP contribution in [-0.2, 0) is 9.53 Å². The van der Waals surface area contributed by atoms with Crippen molar-refractivity contribution in [1.82, 2.24) is 10.2 Å². The van der Waals surface area contributed by atoms with Crippen LogP contribution in [0.5, 0.6) is 0 Å². The van der Waals surface area contributed by atoms with Crippen molar-refractivity contribution in [2.24, 2.45) is 10.9 Å². The van der Waals surface area contributed by atoms with E-state index >= 15 is 0 Å². The van der Waals surface area contributed by atoms with Gasteiger partial charge in [0.15, 0.2) is 5.96 Å². The maximum atomic E-state index is 11.7. The van der Waals surface area contributed by atoms with Gasteiger partial charge >= 0.3 is 5.97 Å². The quantitative estimate of drug-likeness (QED) is 0.335. The Morgan fingerprint density at radius 1 is 1.30 bits per heavy atom. The smallest absolute Gasteiger partial charge is 0.309 e. The molecule has 1 aliphatic rings. The fourth-order valence-electron chi connectivity index (χ4n) is 2.23. The third kappa shape index (κ3) is 6.28. The molecule has 0 saturated carbocycles. The van der Waals surface area contributed by atoms with Crippen LogP contribution in [0.15, 0.2) is 4.99 Å². The SMILES string of the molecule is CCCN=C(NCC)N1CCC(C(=O)OCC)CC1.I. The maximum Gasteiger partial charge on any atom is 0.309 e. The van der Waals surface area contributed by atoms with Gasteiger partial charge in [-0.15, -0.1) is 24.0 Å². The van der Waals surface area contributed by atoms with Crippen LogP contribution >= 0.6 is 24.0 Å². The molecule has 0 unspecified atom stereocenters. The van der Waals surface area contributed by atoms with Crippen molar-refractivity contribution in [2.45, 2.75) is 40.0 Å². The molecule has 1 rings (SSSR count). The first-order valence-electron chi connectivity index (χ1n) is 7.42. The average molecular weight is 397 g/mol. The Kier molecular flexibility index (Phi) is 10.9. The molecule has 1 heterocycles. The summed E-state index contributed by atoms with van der Waals surface area (Å²) in [7, 11) is 0. The largest absolute Gasteiger partial charge is 0.466 e. The number of esters is 1. The molecule has 0 aliphatic carbocycles. The minimum Gasteiger partial charge on any atom is -0.466 e. The number of likely N-dealkylation sites (tertiary alicyclic amines) is 1. The lowest BCUT2D eigenvalue weighted by atomic mass is 9.97. The summed E-state index contributed by atoms with van der Waals surface area (Å²) in [5.41, 5.74) is 0. The molecule has 0 atom stereocenters. The van der Waals surface area contributed by atoms with Gasteiger partial charge < -0.3 is 15.0 Å². The van der Waals surface area contributed by atoms with Crippen molar-refractivity contribution in [3.63, 3.8) is 0 Å². The van der Waals surface area contributed by atoms with Gasteiger partial charge in [0.05, 0.1) is 12.5 Å². The molecule has 0 bridgehead atoms. The average Bonchev–Trinajstić information content (AvgIpc) is 2.44. The van der Waals surface area contributed by atoms with E-state index in [1.807, 2.05) is 6.92 Å². The van der Waals surface area contributed by atoms with E-state index in [0.717, 1.165) is 51.4 Å². The number of nitrogens with one attached hydrogen (secondary N) is 1. The molecule has 0 aromatic rings. The number of ether oxygens (including phenoxy) is 1. The Morgan fingerprint density at radius 2 is 1.95 bits per heavy atom. The van der Waals surface area contributed by atoms with Crippen LogP contribution in [0.3, 0.4) is 0 Å². The number of nitrogens with zero attached hydrogens (tertiary/aromatic N) is 2. The Morgan fingerprint density at radius 3 is 2.45 bits per heavy atom. The fraction of sp³-hybridized carbons (Fsp3) is 0.857. The van der Waals surface area contributed by atoms with E-state index < -0.39 is 0 Å². The van der Waals surface area contributed by atoms with Gasteiger partial charge in [0, 0.05) is 26.2 Å². The molecule has 1 N–H and O–H groups in total. The van der Waals surface area contributed by atoms with E-state index in [1.54, 1.807) is 0 Å². The molecule has 1 saturated heterocycles. The summed E-state index contributed by atoms with van der Waals surface area (Å²) in [5, 5.41) is 3.32. The van der Waals surface area contributed by atoms with E-state index in [-0.39, 0.29) is 35.9 Å². The summed E-state index contributed by atoms with van der Waals surface area (Å²) >= 11 is 0. The number of carbonyl (C=O) groups excluding carboxylic acids is 1. The highest BCUT2D eigenvalue weighted by molar-refractivity contribution is 14.0. The lowest BCUT2D eigenvalue weighted by molar-refractivity contribution is -0.149. The van der Waals surface area contributed by atoms with Crippen molar-refractivity contribution in [3.05, 3.63) is 0 Å². The van der Waals surface area contributed by atoms with E-state index in [4.69, 9.17) is 4.74 Å². The van der Waals surface area contributed by atoms with Crippen molar-refractivity contribution in [3.8, 4) is 0 Å². The minimum atomic E-state index is -0.0438. The molecule has 6 heteroatoms. The molecule has 0 aromatic carbocycles. The topological polar surface area (TPSA) is 53.9 Å². The van der Waals surface area contributed by atoms with Gasteiger partial charge in [-0.3, -0.25) is 9.79 Å². The highest BCUT2D eigenvalue weighted by atomic mass is 127. The second-order valence-corrected chi connectivity index (χ2v) is 4.75. The standard InChI is InChI=1S/C14H27N3O2.HI/c1-4-9-16-14(15-5-2)17-10-7-12(8-11-17)13(18)19-6-3;/h12H,4-11H2,1-3H3,(H,15,16);1H. The van der Waals surface area contributed by atoms with Crippen LogP contribution in [0.25, 0.3) is 0 Å². The maximum absolute atomic E-state index is 11.7. The zero-order valence-corrected chi connectivity index (χ0v) is 15.2. The number of rotatable bonds is 5. The van der Waals surface area contributed by atoms with Crippen LogP contribution in [0, 0.1) is 5.92 Å². The first-order valence-corrected chi connectivity index (χ1v) is 7.42. The molecule has 1 fully saturated rings. The van der Waals surface area contributed by atoms with Gasteiger partial charge in [-0.1, -0.05) is 6.92 Å². The van der Waals surface area contributed by atoms with Gasteiger partial charge in [-0.25, -0.2) is 0 Å². The first kappa shape index (κ1) is 19.5. The molecule has 1 aliphatic heterocycles. The van der Waals surface area contributed by atoms with Gasteiger partial charge in [-0.2, -0.15) is 0 Å². The Hall–Kier alpha value is -0.530. The second-order valence-electron chi connectivity index (χ2n) is 4.75. The van der Waals surface area contributed by atoms with E-state index in [9.17, 15) is 4.79 Å². The Balaban J connectivity index is 0.00000361. The molecule has 0 amide bonds. The van der Waals surface area contributed by atoms with Crippen LogP contribution in [0.2, 0.25) is 0 Å². The summed E-state index contributed by atoms with van der Waals surface area (Å²) in [6, 6.07) is 0. The van der Waals surface area contributed by atoms with Gasteiger partial charge in [0.2, 0.25) is 0 Å². The van der Waals surface area contributed by atoms with E-state index in [0.29, 0.717) is 6.61 Å². The molecule has 118 valence electrons. The van der Waals surface area contributed by atoms with Crippen LogP contribution in [0.1, 0.15) is 40.0 Å². The lowest BCUT2D eigenvalue weighted by Crippen LogP contribution is -2.46. The summed E-state index contributed by atoms with van der Waals surface area (Å²) in [5.74, 6) is 0.995. The van der Waals surface area contributed by atoms with Crippen molar-refractivity contribution in [2.75, 3.05) is 32.8 Å². The number of aliphatic imine (C=N–C) groups is 1. The third-order valence-corrected chi connectivity index (χ3v) is 3.23. The zero-order chi connectivity index (χ0) is 14.1. The zero-order valence-electron chi connectivity index (χ0n) is 12.9. The van der Waals surface area contributed by atoms with Crippen LogP contribution < -0.4 is 5.32 Å². The highest BCUT2D eigenvalue weighted by Crippen LogP contribution is 2.18. The Bertz CT molecular complexity index is 303. The normalized spacial score (nSPS) is 16.6. The summed E-state index contributed by atoms with van der Waals surface area (Å²) < 4.78 is 5.09. The predicted octanol–water partition coefficient (Wildman–Crippen LogP) is 2.26. The number of carbonyl (C=O) groups is 1. The monoisotopic (exact) mass is 397 g/mol. The van der Waals surface area contributed by atoms with Crippen LogP contribution in [-0.4, -0.2) is 49.6 Å². The fourth-order valence-corrected chi connectivity index (χ4v) is 2.23. The van der Waals surface area contributed by atoms with Gasteiger partial charge in [0.25, 0.3) is 0 Å². The number of hydrogen-bond donors (Lipinski definition) is 1. The highest BCUT2D eigenvalue weighted by Gasteiger charge is 2.27. The summed E-state index contributed by atoms with van der Waals surface area (Å²) in [6.07, 6.45) is 2.76. The predicted molar refractivity (Wildman–Crippen MR) is 92.6 cm³/mol. The third-order valence-electron chi connectivity index (χ3n) is 3.23. The number of halogens is 1. The summed E-state index contributed by atoms with van der Waals surface area (Å²) in [4.78, 5) is 18.5. The Labute approximate surface area is 139 Å². The first-order chi connectivity index (χ1) is 9.22. The number of piperidine rings is 1. The van der Waals surface area contributed by atoms with E-state index in [2.05, 4.69) is 29.1 Å². The molecular formula is C14H28IN3O2. The molecular weight excluding hydrogens is 369 g/mol. The van der Waals surface area contributed by atoms with Crippen molar-refractivity contribution in [1.29, 1.82) is 0 Å². The number of guanidine groups is 1. The lowest BCUT2D eigenvalue weighted by Gasteiger charge is -2.33. The van der Waals surface area contributed by atoms with E-state index in [1.165, 1.54) is 0 Å². The molecule has 0 aromatic heterocycles. The van der Waals surface area contributed by atoms with Crippen molar-refractivity contribution < 1.29 is 9.53 Å². The minimum absolute atomic E-state index is 0. The molecule has 20 heavy (non-hydrogen) atoms. The summed E-state index contributed by atoms with van der Waals surface area (Å²) in [6.45, 7) is 10.00. The number of hydrogen-bond acceptors (Lipinski definition) is 3.